The molecule has 1 aromatic rings. The molecule has 0 saturated heterocycles. The van der Waals surface area contributed by atoms with Gasteiger partial charge in [0, 0.05) is 24.9 Å². The molecule has 1 aromatic heterocycles. The molecule has 100 valence electrons. The zero-order valence-corrected chi connectivity index (χ0v) is 11.8. The normalized spacial score (nSPS) is 15.4. The lowest BCUT2D eigenvalue weighted by atomic mass is 9.89. The van der Waals surface area contributed by atoms with E-state index in [1.165, 1.54) is 0 Å². The minimum atomic E-state index is -0.237. The third-order valence-electron chi connectivity index (χ3n) is 3.65. The van der Waals surface area contributed by atoms with Crippen LogP contribution in [0, 0.1) is 5.41 Å². The highest BCUT2D eigenvalue weighted by Gasteiger charge is 2.23. The van der Waals surface area contributed by atoms with Gasteiger partial charge in [-0.05, 0) is 19.3 Å². The van der Waals surface area contributed by atoms with Crippen molar-refractivity contribution in [2.75, 3.05) is 0 Å². The molecule has 2 heterocycles. The standard InChI is InChI=1S/C12H20N4OS/c1-12(2,10(13)18)6-8-16-11(17)15-7-4-3-5-9(15)14-16/h3-8H2,1-2H3,(H2,13,18). The van der Waals surface area contributed by atoms with Gasteiger partial charge >= 0.3 is 5.69 Å². The Labute approximate surface area is 112 Å². The van der Waals surface area contributed by atoms with Gasteiger partial charge in [-0.25, -0.2) is 9.48 Å². The van der Waals surface area contributed by atoms with Gasteiger partial charge in [0.25, 0.3) is 0 Å². The minimum Gasteiger partial charge on any atom is -0.393 e. The van der Waals surface area contributed by atoms with Crippen molar-refractivity contribution < 1.29 is 0 Å². The summed E-state index contributed by atoms with van der Waals surface area (Å²) in [5.41, 5.74) is 5.45. The molecule has 2 N–H and O–H groups in total. The van der Waals surface area contributed by atoms with Gasteiger partial charge in [-0.15, -0.1) is 0 Å². The highest BCUT2D eigenvalue weighted by molar-refractivity contribution is 7.80. The summed E-state index contributed by atoms with van der Waals surface area (Å²) in [6.07, 6.45) is 3.82. The molecule has 5 nitrogen and oxygen atoms in total. The van der Waals surface area contributed by atoms with Crippen molar-refractivity contribution in [3.8, 4) is 0 Å². The van der Waals surface area contributed by atoms with E-state index in [4.69, 9.17) is 18.0 Å². The summed E-state index contributed by atoms with van der Waals surface area (Å²) in [4.78, 5) is 12.6. The number of hydrogen-bond acceptors (Lipinski definition) is 3. The van der Waals surface area contributed by atoms with Crippen LogP contribution in [0.3, 0.4) is 0 Å². The van der Waals surface area contributed by atoms with Crippen molar-refractivity contribution in [3.63, 3.8) is 0 Å². The highest BCUT2D eigenvalue weighted by atomic mass is 32.1. The number of aromatic nitrogens is 3. The van der Waals surface area contributed by atoms with E-state index < -0.39 is 0 Å². The first-order valence-corrected chi connectivity index (χ1v) is 6.79. The van der Waals surface area contributed by atoms with Crippen molar-refractivity contribution in [1.29, 1.82) is 0 Å². The molecule has 0 aliphatic carbocycles. The van der Waals surface area contributed by atoms with Gasteiger partial charge in [0.2, 0.25) is 0 Å². The Bertz CT molecular complexity index is 515. The van der Waals surface area contributed by atoms with E-state index >= 15 is 0 Å². The smallest absolute Gasteiger partial charge is 0.345 e. The van der Waals surface area contributed by atoms with Crippen LogP contribution in [0.1, 0.15) is 38.9 Å². The summed E-state index contributed by atoms with van der Waals surface area (Å²) in [5.74, 6) is 0.916. The van der Waals surface area contributed by atoms with Crippen molar-refractivity contribution in [2.45, 2.75) is 52.6 Å². The summed E-state index contributed by atoms with van der Waals surface area (Å²) in [6.45, 7) is 5.36. The second-order valence-electron chi connectivity index (χ2n) is 5.53. The number of hydrogen-bond donors (Lipinski definition) is 1. The lowest BCUT2D eigenvalue weighted by Gasteiger charge is -2.22. The molecule has 1 aliphatic heterocycles. The quantitative estimate of drug-likeness (QED) is 0.830. The van der Waals surface area contributed by atoms with Crippen molar-refractivity contribution in [2.24, 2.45) is 11.1 Å². The number of nitrogens with zero attached hydrogens (tertiary/aromatic N) is 3. The Hall–Kier alpha value is -1.17. The maximum Gasteiger partial charge on any atom is 0.345 e. The maximum atomic E-state index is 12.1. The summed E-state index contributed by atoms with van der Waals surface area (Å²) in [7, 11) is 0. The molecule has 6 heteroatoms. The van der Waals surface area contributed by atoms with Crippen LogP contribution in [0.5, 0.6) is 0 Å². The topological polar surface area (TPSA) is 65.8 Å². The lowest BCUT2D eigenvalue weighted by Crippen LogP contribution is -2.33. The summed E-state index contributed by atoms with van der Waals surface area (Å²) >= 11 is 5.03. The van der Waals surface area contributed by atoms with Crippen LogP contribution in [-0.2, 0) is 19.5 Å². The van der Waals surface area contributed by atoms with E-state index in [2.05, 4.69) is 5.10 Å². The van der Waals surface area contributed by atoms with Crippen LogP contribution < -0.4 is 11.4 Å². The molecule has 0 aromatic carbocycles. The fraction of sp³-hybridized carbons (Fsp3) is 0.750. The van der Waals surface area contributed by atoms with Gasteiger partial charge in [-0.1, -0.05) is 26.1 Å². The van der Waals surface area contributed by atoms with Crippen LogP contribution in [-0.4, -0.2) is 19.3 Å². The molecule has 0 saturated carbocycles. The summed E-state index contributed by atoms with van der Waals surface area (Å²) in [6, 6.07) is 0. The monoisotopic (exact) mass is 268 g/mol. The van der Waals surface area contributed by atoms with Crippen molar-refractivity contribution in [1.82, 2.24) is 14.3 Å². The Morgan fingerprint density at radius 3 is 2.83 bits per heavy atom. The van der Waals surface area contributed by atoms with Gasteiger partial charge < -0.3 is 5.73 Å². The van der Waals surface area contributed by atoms with E-state index in [0.717, 1.165) is 38.1 Å². The molecule has 18 heavy (non-hydrogen) atoms. The average Bonchev–Trinajstić information content (AvgIpc) is 2.64. The second kappa shape index (κ2) is 4.84. The molecule has 1 aliphatic rings. The summed E-state index contributed by atoms with van der Waals surface area (Å²) in [5, 5.41) is 4.40. The lowest BCUT2D eigenvalue weighted by molar-refractivity contribution is 0.410. The van der Waals surface area contributed by atoms with E-state index in [0.29, 0.717) is 11.5 Å². The molecule has 0 spiro atoms. The minimum absolute atomic E-state index is 0.00318. The average molecular weight is 268 g/mol. The molecule has 2 rings (SSSR count). The third kappa shape index (κ3) is 2.48. The zero-order chi connectivity index (χ0) is 13.3. The van der Waals surface area contributed by atoms with E-state index in [9.17, 15) is 4.79 Å². The molecule has 0 unspecified atom stereocenters. The molecule has 0 amide bonds. The van der Waals surface area contributed by atoms with Crippen LogP contribution in [0.15, 0.2) is 4.79 Å². The molecular weight excluding hydrogens is 248 g/mol. The Balaban J connectivity index is 2.14. The first kappa shape index (κ1) is 13.3. The predicted octanol–water partition coefficient (Wildman–Crippen LogP) is 1.08. The first-order valence-electron chi connectivity index (χ1n) is 6.38. The van der Waals surface area contributed by atoms with Gasteiger partial charge in [-0.3, -0.25) is 4.57 Å². The maximum absolute atomic E-state index is 12.1. The van der Waals surface area contributed by atoms with Gasteiger partial charge in [-0.2, -0.15) is 5.10 Å². The van der Waals surface area contributed by atoms with Crippen molar-refractivity contribution in [3.05, 3.63) is 16.3 Å². The number of fused-ring (bicyclic) bond motifs is 1. The summed E-state index contributed by atoms with van der Waals surface area (Å²) < 4.78 is 3.35. The fourth-order valence-corrected chi connectivity index (χ4v) is 2.20. The number of rotatable bonds is 4. The second-order valence-corrected chi connectivity index (χ2v) is 5.97. The number of aryl methyl sites for hydroxylation is 2. The molecule has 0 atom stereocenters. The SMILES string of the molecule is CC(C)(CCn1nc2n(c1=O)CCCC2)C(N)=S. The number of thiocarbonyl (C=S) groups is 1. The Morgan fingerprint density at radius 2 is 2.22 bits per heavy atom. The fourth-order valence-electron chi connectivity index (χ4n) is 2.10. The van der Waals surface area contributed by atoms with Crippen molar-refractivity contribution >= 4 is 17.2 Å². The van der Waals surface area contributed by atoms with Crippen LogP contribution >= 0.6 is 12.2 Å². The third-order valence-corrected chi connectivity index (χ3v) is 4.20. The van der Waals surface area contributed by atoms with Gasteiger partial charge in [0.1, 0.15) is 5.82 Å². The zero-order valence-electron chi connectivity index (χ0n) is 11.0. The molecule has 0 radical (unpaired) electrons. The highest BCUT2D eigenvalue weighted by Crippen LogP contribution is 2.21. The van der Waals surface area contributed by atoms with Gasteiger partial charge in [0.15, 0.2) is 0 Å². The Morgan fingerprint density at radius 1 is 1.50 bits per heavy atom. The van der Waals surface area contributed by atoms with Crippen LogP contribution in [0.2, 0.25) is 0 Å². The van der Waals surface area contributed by atoms with Crippen LogP contribution in [0.25, 0.3) is 0 Å². The van der Waals surface area contributed by atoms with Crippen LogP contribution in [0.4, 0.5) is 0 Å². The molecule has 0 fully saturated rings. The number of nitrogens with two attached hydrogens (primary N) is 1. The molecular formula is C12H20N4OS. The molecule has 0 bridgehead atoms. The first-order chi connectivity index (χ1) is 8.42. The Kier molecular flexibility index (Phi) is 3.56. The van der Waals surface area contributed by atoms with Gasteiger partial charge in [0.05, 0.1) is 4.99 Å². The predicted molar refractivity (Wildman–Crippen MR) is 74.6 cm³/mol. The largest absolute Gasteiger partial charge is 0.393 e. The van der Waals surface area contributed by atoms with E-state index in [1.807, 2.05) is 13.8 Å². The van der Waals surface area contributed by atoms with E-state index in [1.54, 1.807) is 9.25 Å². The van der Waals surface area contributed by atoms with E-state index in [-0.39, 0.29) is 11.1 Å².